The maximum absolute atomic E-state index is 2.38. The van der Waals surface area contributed by atoms with Crippen LogP contribution in [0.25, 0.3) is 20.2 Å². The third kappa shape index (κ3) is 1.63. The number of thiophene rings is 2. The van der Waals surface area contributed by atoms with Crippen molar-refractivity contribution in [3.05, 3.63) is 33.0 Å². The molecular weight excluding hydrogens is 256 g/mol. The zero-order valence-corrected chi connectivity index (χ0v) is 13.0. The predicted molar refractivity (Wildman–Crippen MR) is 85.4 cm³/mol. The molecule has 3 aromatic rings. The van der Waals surface area contributed by atoms with Crippen LogP contribution in [0.15, 0.2) is 12.1 Å². The molecule has 0 spiro atoms. The molecule has 1 aromatic carbocycles. The highest BCUT2D eigenvalue weighted by molar-refractivity contribution is 7.21. The molecule has 2 aromatic heterocycles. The summed E-state index contributed by atoms with van der Waals surface area (Å²) in [5.41, 5.74) is 3.11. The van der Waals surface area contributed by atoms with Crippen LogP contribution in [0.1, 0.15) is 34.7 Å². The zero-order valence-electron chi connectivity index (χ0n) is 11.4. The first kappa shape index (κ1) is 12.2. The molecule has 0 bridgehead atoms. The third-order valence-corrected chi connectivity index (χ3v) is 5.84. The Bertz CT molecular complexity index is 612. The van der Waals surface area contributed by atoms with Gasteiger partial charge in [0.05, 0.1) is 0 Å². The smallest absolute Gasteiger partial charge is 0.0387 e. The molecule has 0 amide bonds. The third-order valence-electron chi connectivity index (χ3n) is 3.62. The molecule has 3 rings (SSSR count). The molecule has 0 unspecified atom stereocenters. The van der Waals surface area contributed by atoms with Gasteiger partial charge in [0, 0.05) is 19.2 Å². The minimum Gasteiger partial charge on any atom is -0.140 e. The van der Waals surface area contributed by atoms with Crippen molar-refractivity contribution in [1.82, 2.24) is 0 Å². The van der Waals surface area contributed by atoms with Crippen LogP contribution in [-0.4, -0.2) is 0 Å². The first-order chi connectivity index (χ1) is 8.65. The molecule has 0 saturated heterocycles. The van der Waals surface area contributed by atoms with Crippen LogP contribution in [-0.2, 0) is 12.8 Å². The van der Waals surface area contributed by atoms with E-state index in [1.165, 1.54) is 29.9 Å². The van der Waals surface area contributed by atoms with Crippen LogP contribution in [0.4, 0.5) is 0 Å². The Labute approximate surface area is 116 Å². The van der Waals surface area contributed by atoms with Gasteiger partial charge in [0.2, 0.25) is 0 Å². The number of aryl methyl sites for hydroxylation is 4. The van der Waals surface area contributed by atoms with Crippen molar-refractivity contribution in [2.75, 3.05) is 0 Å². The van der Waals surface area contributed by atoms with E-state index in [0.29, 0.717) is 0 Å². The molecule has 2 heterocycles. The molecule has 2 heteroatoms. The van der Waals surface area contributed by atoms with Crippen LogP contribution >= 0.6 is 22.7 Å². The van der Waals surface area contributed by atoms with E-state index in [0.717, 1.165) is 12.8 Å². The van der Waals surface area contributed by atoms with Crippen LogP contribution in [0, 0.1) is 13.8 Å². The topological polar surface area (TPSA) is 0 Å². The molecule has 18 heavy (non-hydrogen) atoms. The molecule has 94 valence electrons. The SMILES string of the molecule is CCc1c2cc(C)sc2c(CC)c2cc(C)sc12. The van der Waals surface area contributed by atoms with Crippen molar-refractivity contribution >= 4 is 42.8 Å². The largest absolute Gasteiger partial charge is 0.140 e. The number of benzene rings is 1. The van der Waals surface area contributed by atoms with E-state index in [1.807, 2.05) is 22.7 Å². The quantitative estimate of drug-likeness (QED) is 0.549. The number of hydrogen-bond donors (Lipinski definition) is 0. The van der Waals surface area contributed by atoms with Gasteiger partial charge in [-0.1, -0.05) is 13.8 Å². The van der Waals surface area contributed by atoms with Crippen molar-refractivity contribution in [3.63, 3.8) is 0 Å². The van der Waals surface area contributed by atoms with Gasteiger partial charge in [-0.05, 0) is 60.7 Å². The minimum atomic E-state index is 1.13. The van der Waals surface area contributed by atoms with Crippen LogP contribution < -0.4 is 0 Å². The lowest BCUT2D eigenvalue weighted by Gasteiger charge is -2.08. The van der Waals surface area contributed by atoms with E-state index in [2.05, 4.69) is 39.8 Å². The fraction of sp³-hybridized carbons (Fsp3) is 0.375. The summed E-state index contributed by atoms with van der Waals surface area (Å²) in [5, 5.41) is 3.01. The second-order valence-corrected chi connectivity index (χ2v) is 7.38. The van der Waals surface area contributed by atoms with E-state index in [4.69, 9.17) is 0 Å². The van der Waals surface area contributed by atoms with Gasteiger partial charge in [0.15, 0.2) is 0 Å². The molecule has 0 N–H and O–H groups in total. The van der Waals surface area contributed by atoms with E-state index < -0.39 is 0 Å². The Kier molecular flexibility index (Phi) is 2.95. The zero-order chi connectivity index (χ0) is 12.9. The number of hydrogen-bond acceptors (Lipinski definition) is 2. The average molecular weight is 274 g/mol. The summed E-state index contributed by atoms with van der Waals surface area (Å²) >= 11 is 3.92. The summed E-state index contributed by atoms with van der Waals surface area (Å²) in [5.74, 6) is 0. The molecule has 0 nitrogen and oxygen atoms in total. The van der Waals surface area contributed by atoms with Crippen molar-refractivity contribution in [3.8, 4) is 0 Å². The van der Waals surface area contributed by atoms with Crippen molar-refractivity contribution < 1.29 is 0 Å². The fourth-order valence-electron chi connectivity index (χ4n) is 2.87. The Morgan fingerprint density at radius 1 is 0.778 bits per heavy atom. The van der Waals surface area contributed by atoms with Gasteiger partial charge in [0.1, 0.15) is 0 Å². The Balaban J connectivity index is 2.58. The van der Waals surface area contributed by atoms with Crippen LogP contribution in [0.2, 0.25) is 0 Å². The standard InChI is InChI=1S/C16H18S2/c1-5-11-13-7-9(3)18-16(13)12(6-2)14-8-10(4)17-15(11)14/h7-8H,5-6H2,1-4H3. The van der Waals surface area contributed by atoms with E-state index in [9.17, 15) is 0 Å². The highest BCUT2D eigenvalue weighted by Gasteiger charge is 2.15. The maximum Gasteiger partial charge on any atom is 0.0387 e. The Hall–Kier alpha value is -0.860. The second kappa shape index (κ2) is 4.36. The fourth-order valence-corrected chi connectivity index (χ4v) is 5.21. The van der Waals surface area contributed by atoms with Gasteiger partial charge in [-0.15, -0.1) is 22.7 Å². The predicted octanol–water partition coefficient (Wildman–Crippen LogP) is 5.86. The molecule has 0 aliphatic rings. The van der Waals surface area contributed by atoms with Crippen LogP contribution in [0.3, 0.4) is 0 Å². The van der Waals surface area contributed by atoms with Gasteiger partial charge in [-0.3, -0.25) is 0 Å². The van der Waals surface area contributed by atoms with Gasteiger partial charge < -0.3 is 0 Å². The highest BCUT2D eigenvalue weighted by atomic mass is 32.1. The van der Waals surface area contributed by atoms with Gasteiger partial charge in [0.25, 0.3) is 0 Å². The van der Waals surface area contributed by atoms with Gasteiger partial charge in [-0.25, -0.2) is 0 Å². The van der Waals surface area contributed by atoms with E-state index in [-0.39, 0.29) is 0 Å². The second-order valence-electron chi connectivity index (χ2n) is 4.86. The molecule has 0 fully saturated rings. The molecule has 0 aliphatic heterocycles. The maximum atomic E-state index is 2.38. The lowest BCUT2D eigenvalue weighted by molar-refractivity contribution is 1.16. The van der Waals surface area contributed by atoms with E-state index >= 15 is 0 Å². The first-order valence-electron chi connectivity index (χ1n) is 6.59. The summed E-state index contributed by atoms with van der Waals surface area (Å²) in [4.78, 5) is 2.87. The lowest BCUT2D eigenvalue weighted by Crippen LogP contribution is -1.88. The van der Waals surface area contributed by atoms with E-state index in [1.54, 1.807) is 11.1 Å². The first-order valence-corrected chi connectivity index (χ1v) is 8.23. The average Bonchev–Trinajstić information content (AvgIpc) is 2.87. The number of fused-ring (bicyclic) bond motifs is 2. The minimum absolute atomic E-state index is 1.13. The van der Waals surface area contributed by atoms with Gasteiger partial charge >= 0.3 is 0 Å². The highest BCUT2D eigenvalue weighted by Crippen LogP contribution is 2.41. The molecule has 0 aliphatic carbocycles. The summed E-state index contributed by atoms with van der Waals surface area (Å²) in [6, 6.07) is 4.76. The monoisotopic (exact) mass is 274 g/mol. The summed E-state index contributed by atoms with van der Waals surface area (Å²) in [7, 11) is 0. The summed E-state index contributed by atoms with van der Waals surface area (Å²) < 4.78 is 3.05. The Morgan fingerprint density at radius 3 is 1.50 bits per heavy atom. The normalized spacial score (nSPS) is 11.8. The van der Waals surface area contributed by atoms with Crippen LogP contribution in [0.5, 0.6) is 0 Å². The Morgan fingerprint density at radius 2 is 1.17 bits per heavy atom. The van der Waals surface area contributed by atoms with Gasteiger partial charge in [-0.2, -0.15) is 0 Å². The lowest BCUT2D eigenvalue weighted by atomic mass is 9.99. The van der Waals surface area contributed by atoms with Crippen molar-refractivity contribution in [2.45, 2.75) is 40.5 Å². The summed E-state index contributed by atoms with van der Waals surface area (Å²) in [6.07, 6.45) is 2.26. The molecular formula is C16H18S2. The summed E-state index contributed by atoms with van der Waals surface area (Å²) in [6.45, 7) is 9.01. The van der Waals surface area contributed by atoms with Crippen molar-refractivity contribution in [2.24, 2.45) is 0 Å². The molecule has 0 radical (unpaired) electrons. The number of rotatable bonds is 2. The van der Waals surface area contributed by atoms with Crippen molar-refractivity contribution in [1.29, 1.82) is 0 Å². The molecule has 0 saturated carbocycles. The molecule has 0 atom stereocenters.